The molecule has 0 radical (unpaired) electrons. The van der Waals surface area contributed by atoms with E-state index in [9.17, 15) is 5.11 Å². The number of unbranched alkanes of at least 4 members (excludes halogenated alkanes) is 1. The Bertz CT molecular complexity index is 440. The Morgan fingerprint density at radius 1 is 1.18 bits per heavy atom. The molecule has 124 valence electrons. The second-order valence-corrected chi connectivity index (χ2v) is 7.56. The van der Waals surface area contributed by atoms with Crippen molar-refractivity contribution < 1.29 is 9.84 Å². The lowest BCUT2D eigenvalue weighted by Gasteiger charge is -2.33. The van der Waals surface area contributed by atoms with Gasteiger partial charge in [0.15, 0.2) is 0 Å². The molecule has 22 heavy (non-hydrogen) atoms. The minimum absolute atomic E-state index is 0.156. The second-order valence-electron chi connectivity index (χ2n) is 7.56. The number of rotatable bonds is 7. The summed E-state index contributed by atoms with van der Waals surface area (Å²) in [6.07, 6.45) is 3.83. The van der Waals surface area contributed by atoms with Crippen LogP contribution in [-0.2, 0) is 11.3 Å². The van der Waals surface area contributed by atoms with Crippen LogP contribution >= 0.6 is 0 Å². The molecule has 1 saturated heterocycles. The molecule has 1 atom stereocenters. The molecule has 0 amide bonds. The molecular formula is C19H31NO2. The molecule has 1 unspecified atom stereocenters. The molecule has 1 N–H and O–H groups in total. The Morgan fingerprint density at radius 2 is 1.91 bits per heavy atom. The minimum Gasteiger partial charge on any atom is -0.389 e. The summed E-state index contributed by atoms with van der Waals surface area (Å²) in [5.41, 5.74) is 0.883. The molecule has 0 saturated carbocycles. The average molecular weight is 305 g/mol. The van der Waals surface area contributed by atoms with Gasteiger partial charge in [-0.25, -0.2) is 0 Å². The summed E-state index contributed by atoms with van der Waals surface area (Å²) in [6, 6.07) is 10.3. The number of β-amino-alcohol motifs (C(OH)–C–C–N with tert-alkyl or cyclic N) is 1. The first-order chi connectivity index (χ1) is 10.4. The maximum atomic E-state index is 10.7. The van der Waals surface area contributed by atoms with Gasteiger partial charge in [0.1, 0.15) is 0 Å². The molecule has 1 aliphatic heterocycles. The van der Waals surface area contributed by atoms with Crippen LogP contribution in [0.2, 0.25) is 0 Å². The standard InChI is InChI=1S/C19H31NO2/c1-18(2,3)20-13-12-19(21,16-20)11-7-8-14-22-15-17-9-5-4-6-10-17/h4-6,9-10,21H,7-8,11-16H2,1-3H3. The molecule has 1 aromatic carbocycles. The molecule has 0 spiro atoms. The zero-order valence-electron chi connectivity index (χ0n) is 14.3. The summed E-state index contributed by atoms with van der Waals surface area (Å²) in [4.78, 5) is 2.39. The van der Waals surface area contributed by atoms with Crippen LogP contribution in [0.1, 0.15) is 52.0 Å². The monoisotopic (exact) mass is 305 g/mol. The summed E-state index contributed by atoms with van der Waals surface area (Å²) < 4.78 is 5.70. The third-order valence-corrected chi connectivity index (χ3v) is 4.57. The predicted octanol–water partition coefficient (Wildman–Crippen LogP) is 3.61. The van der Waals surface area contributed by atoms with Crippen molar-refractivity contribution in [1.82, 2.24) is 4.90 Å². The van der Waals surface area contributed by atoms with Gasteiger partial charge >= 0.3 is 0 Å². The summed E-state index contributed by atoms with van der Waals surface area (Å²) in [6.45, 7) is 9.92. The van der Waals surface area contributed by atoms with Gasteiger partial charge in [-0.2, -0.15) is 0 Å². The van der Waals surface area contributed by atoms with E-state index in [1.165, 1.54) is 5.56 Å². The lowest BCUT2D eigenvalue weighted by molar-refractivity contribution is 0.0233. The molecule has 1 aromatic rings. The van der Waals surface area contributed by atoms with Gasteiger partial charge in [0, 0.05) is 25.2 Å². The van der Waals surface area contributed by atoms with E-state index in [1.54, 1.807) is 0 Å². The number of nitrogens with zero attached hydrogens (tertiary/aromatic N) is 1. The largest absolute Gasteiger partial charge is 0.389 e. The Balaban J connectivity index is 1.59. The number of benzene rings is 1. The smallest absolute Gasteiger partial charge is 0.0786 e. The molecule has 2 rings (SSSR count). The van der Waals surface area contributed by atoms with E-state index in [0.717, 1.165) is 45.4 Å². The van der Waals surface area contributed by atoms with Gasteiger partial charge < -0.3 is 9.84 Å². The van der Waals surface area contributed by atoms with Crippen molar-refractivity contribution in [1.29, 1.82) is 0 Å². The van der Waals surface area contributed by atoms with Crippen LogP contribution in [0.15, 0.2) is 30.3 Å². The minimum atomic E-state index is -0.493. The first kappa shape index (κ1) is 17.5. The predicted molar refractivity (Wildman–Crippen MR) is 90.8 cm³/mol. The molecular weight excluding hydrogens is 274 g/mol. The summed E-state index contributed by atoms with van der Waals surface area (Å²) in [7, 11) is 0. The SMILES string of the molecule is CC(C)(C)N1CCC(O)(CCCCOCc2ccccc2)C1. The van der Waals surface area contributed by atoms with Gasteiger partial charge in [-0.05, 0) is 52.0 Å². The van der Waals surface area contributed by atoms with Crippen molar-refractivity contribution in [2.45, 2.75) is 64.2 Å². The quantitative estimate of drug-likeness (QED) is 0.781. The van der Waals surface area contributed by atoms with E-state index >= 15 is 0 Å². The van der Waals surface area contributed by atoms with E-state index in [0.29, 0.717) is 6.61 Å². The third-order valence-electron chi connectivity index (χ3n) is 4.57. The Labute approximate surface area is 135 Å². The van der Waals surface area contributed by atoms with Gasteiger partial charge in [-0.15, -0.1) is 0 Å². The first-order valence-corrected chi connectivity index (χ1v) is 8.48. The van der Waals surface area contributed by atoms with Crippen LogP contribution < -0.4 is 0 Å². The van der Waals surface area contributed by atoms with E-state index in [2.05, 4.69) is 37.8 Å². The van der Waals surface area contributed by atoms with Crippen LogP contribution in [-0.4, -0.2) is 40.8 Å². The highest BCUT2D eigenvalue weighted by Gasteiger charge is 2.39. The number of hydrogen-bond donors (Lipinski definition) is 1. The zero-order chi connectivity index (χ0) is 16.1. The van der Waals surface area contributed by atoms with Gasteiger partial charge in [-0.3, -0.25) is 4.90 Å². The normalized spacial score (nSPS) is 23.1. The molecule has 0 aromatic heterocycles. The topological polar surface area (TPSA) is 32.7 Å². The van der Waals surface area contributed by atoms with Crippen molar-refractivity contribution in [3.63, 3.8) is 0 Å². The summed E-state index contributed by atoms with van der Waals surface area (Å²) in [5, 5.41) is 10.7. The Morgan fingerprint density at radius 3 is 2.55 bits per heavy atom. The molecule has 1 aliphatic rings. The van der Waals surface area contributed by atoms with Gasteiger partial charge in [0.2, 0.25) is 0 Å². The molecule has 3 heteroatoms. The molecule has 0 aliphatic carbocycles. The van der Waals surface area contributed by atoms with Gasteiger partial charge in [0.05, 0.1) is 12.2 Å². The van der Waals surface area contributed by atoms with Crippen molar-refractivity contribution in [3.8, 4) is 0 Å². The van der Waals surface area contributed by atoms with Gasteiger partial charge in [-0.1, -0.05) is 30.3 Å². The fraction of sp³-hybridized carbons (Fsp3) is 0.684. The van der Waals surface area contributed by atoms with Crippen LogP contribution in [0.3, 0.4) is 0 Å². The number of hydrogen-bond acceptors (Lipinski definition) is 3. The second kappa shape index (κ2) is 7.58. The lowest BCUT2D eigenvalue weighted by atomic mass is 9.95. The van der Waals surface area contributed by atoms with Crippen LogP contribution in [0, 0.1) is 0 Å². The number of aliphatic hydroxyl groups is 1. The fourth-order valence-electron chi connectivity index (χ4n) is 3.06. The van der Waals surface area contributed by atoms with Crippen LogP contribution in [0.4, 0.5) is 0 Å². The maximum absolute atomic E-state index is 10.7. The van der Waals surface area contributed by atoms with Crippen molar-refractivity contribution in [2.75, 3.05) is 19.7 Å². The van der Waals surface area contributed by atoms with Crippen LogP contribution in [0.5, 0.6) is 0 Å². The summed E-state index contributed by atoms with van der Waals surface area (Å²) in [5.74, 6) is 0. The average Bonchev–Trinajstić information content (AvgIpc) is 2.87. The number of ether oxygens (including phenoxy) is 1. The summed E-state index contributed by atoms with van der Waals surface area (Å²) >= 11 is 0. The number of likely N-dealkylation sites (tertiary alicyclic amines) is 1. The lowest BCUT2D eigenvalue weighted by Crippen LogP contribution is -2.42. The Kier molecular flexibility index (Phi) is 6.01. The van der Waals surface area contributed by atoms with Crippen molar-refractivity contribution >= 4 is 0 Å². The zero-order valence-corrected chi connectivity index (χ0v) is 14.3. The fourth-order valence-corrected chi connectivity index (χ4v) is 3.06. The van der Waals surface area contributed by atoms with E-state index in [4.69, 9.17) is 4.74 Å². The highest BCUT2D eigenvalue weighted by Crippen LogP contribution is 2.31. The van der Waals surface area contributed by atoms with Crippen molar-refractivity contribution in [2.24, 2.45) is 0 Å². The van der Waals surface area contributed by atoms with Crippen LogP contribution in [0.25, 0.3) is 0 Å². The highest BCUT2D eigenvalue weighted by molar-refractivity contribution is 5.13. The Hall–Kier alpha value is -0.900. The first-order valence-electron chi connectivity index (χ1n) is 8.48. The highest BCUT2D eigenvalue weighted by atomic mass is 16.5. The van der Waals surface area contributed by atoms with E-state index in [1.807, 2.05) is 18.2 Å². The third kappa shape index (κ3) is 5.38. The van der Waals surface area contributed by atoms with E-state index < -0.39 is 5.60 Å². The van der Waals surface area contributed by atoms with Crippen molar-refractivity contribution in [3.05, 3.63) is 35.9 Å². The molecule has 0 bridgehead atoms. The molecule has 1 heterocycles. The molecule has 1 fully saturated rings. The van der Waals surface area contributed by atoms with Gasteiger partial charge in [0.25, 0.3) is 0 Å². The van der Waals surface area contributed by atoms with E-state index in [-0.39, 0.29) is 5.54 Å². The molecule has 3 nitrogen and oxygen atoms in total. The maximum Gasteiger partial charge on any atom is 0.0786 e.